The van der Waals surface area contributed by atoms with E-state index in [1.54, 1.807) is 0 Å². The number of ether oxygens (including phenoxy) is 1. The Balaban J connectivity index is 1.23. The first kappa shape index (κ1) is 30.0. The summed E-state index contributed by atoms with van der Waals surface area (Å²) in [7, 11) is 0. The van der Waals surface area contributed by atoms with Crippen LogP contribution >= 0.6 is 0 Å². The van der Waals surface area contributed by atoms with Crippen LogP contribution in [0.1, 0.15) is 0 Å². The van der Waals surface area contributed by atoms with E-state index in [1.807, 2.05) is 0 Å². The molecule has 0 N–H and O–H groups in total. The van der Waals surface area contributed by atoms with Gasteiger partial charge in [0, 0.05) is 22.5 Å². The van der Waals surface area contributed by atoms with Crippen molar-refractivity contribution >= 4 is 38.6 Å². The highest BCUT2D eigenvalue weighted by molar-refractivity contribution is 6.05. The Kier molecular flexibility index (Phi) is 7.18. The Bertz CT molecular complexity index is 2750. The molecule has 0 amide bonds. The van der Waals surface area contributed by atoms with Gasteiger partial charge in [0.15, 0.2) is 0 Å². The van der Waals surface area contributed by atoms with Gasteiger partial charge < -0.3 is 9.64 Å². The van der Waals surface area contributed by atoms with Crippen molar-refractivity contribution in [3.8, 4) is 56.0 Å². The maximum Gasteiger partial charge on any atom is 0.137 e. The predicted molar refractivity (Wildman–Crippen MR) is 218 cm³/mol. The van der Waals surface area contributed by atoms with Gasteiger partial charge in [0.25, 0.3) is 0 Å². The van der Waals surface area contributed by atoms with Crippen molar-refractivity contribution in [2.45, 2.75) is 0 Å². The number of fused-ring (bicyclic) bond motifs is 7. The third kappa shape index (κ3) is 5.21. The van der Waals surface area contributed by atoms with E-state index in [1.165, 1.54) is 38.2 Å². The molecule has 52 heavy (non-hydrogen) atoms. The fourth-order valence-electron chi connectivity index (χ4n) is 7.67. The molecule has 0 aromatic heterocycles. The van der Waals surface area contributed by atoms with Crippen molar-refractivity contribution < 1.29 is 4.74 Å². The van der Waals surface area contributed by atoms with Gasteiger partial charge in [-0.25, -0.2) is 0 Å². The molecule has 0 saturated heterocycles. The maximum atomic E-state index is 6.99. The number of hydrogen-bond acceptors (Lipinski definition) is 2. The fourth-order valence-corrected chi connectivity index (χ4v) is 7.67. The number of hydrogen-bond donors (Lipinski definition) is 0. The van der Waals surface area contributed by atoms with Gasteiger partial charge in [-0.1, -0.05) is 140 Å². The van der Waals surface area contributed by atoms with Crippen molar-refractivity contribution in [1.82, 2.24) is 0 Å². The monoisotopic (exact) mass is 663 g/mol. The molecule has 9 aromatic carbocycles. The minimum Gasteiger partial charge on any atom is -0.456 e. The molecule has 2 nitrogen and oxygen atoms in total. The largest absolute Gasteiger partial charge is 0.456 e. The number of nitrogens with zero attached hydrogens (tertiary/aromatic N) is 1. The van der Waals surface area contributed by atoms with Crippen molar-refractivity contribution in [3.63, 3.8) is 0 Å². The van der Waals surface area contributed by atoms with Crippen LogP contribution in [0, 0.1) is 0 Å². The zero-order valence-corrected chi connectivity index (χ0v) is 28.4. The lowest BCUT2D eigenvalue weighted by molar-refractivity contribution is 0.488. The summed E-state index contributed by atoms with van der Waals surface area (Å²) in [5.41, 5.74) is 12.3. The van der Waals surface area contributed by atoms with E-state index in [0.717, 1.165) is 56.4 Å². The van der Waals surface area contributed by atoms with Crippen LogP contribution in [-0.4, -0.2) is 0 Å². The van der Waals surface area contributed by atoms with Crippen LogP contribution in [-0.2, 0) is 0 Å². The van der Waals surface area contributed by atoms with E-state index in [2.05, 4.69) is 205 Å². The summed E-state index contributed by atoms with van der Waals surface area (Å²) < 4.78 is 6.99. The van der Waals surface area contributed by atoms with E-state index in [-0.39, 0.29) is 0 Å². The standard InChI is InChI=1S/C50H33NO/c1-3-12-34(13-4-1)37-22-26-42(27-23-37)51(43-28-24-36-16-7-8-17-38(36)30-43)47-20-11-21-49-50(47)46-33-40-19-10-9-18-39(40)31-44(46)45-32-41(25-29-48(45)52-49)35-14-5-2-6-15-35/h1-33H. The molecular weight excluding hydrogens is 631 g/mol. The Morgan fingerprint density at radius 3 is 1.58 bits per heavy atom. The summed E-state index contributed by atoms with van der Waals surface area (Å²) in [5.74, 6) is 1.67. The SMILES string of the molecule is c1ccc(-c2ccc(N(c3ccc4ccccc4c3)c3cccc4c3-c3cc5ccccc5cc3-c3cc(-c5ccccc5)ccc3O4)cc2)cc1. The fraction of sp³-hybridized carbons (Fsp3) is 0. The molecule has 0 spiro atoms. The summed E-state index contributed by atoms with van der Waals surface area (Å²) >= 11 is 0. The molecule has 1 aliphatic rings. The minimum atomic E-state index is 0.826. The Morgan fingerprint density at radius 2 is 0.865 bits per heavy atom. The number of rotatable bonds is 5. The maximum absolute atomic E-state index is 6.99. The zero-order valence-electron chi connectivity index (χ0n) is 28.4. The number of benzene rings is 9. The lowest BCUT2D eigenvalue weighted by atomic mass is 9.89. The first-order chi connectivity index (χ1) is 25.8. The van der Waals surface area contributed by atoms with Gasteiger partial charge in [0.05, 0.1) is 5.69 Å². The summed E-state index contributed by atoms with van der Waals surface area (Å²) in [6.07, 6.45) is 0. The highest BCUT2D eigenvalue weighted by Crippen LogP contribution is 2.54. The zero-order chi connectivity index (χ0) is 34.4. The molecule has 9 aromatic rings. The van der Waals surface area contributed by atoms with Crippen LogP contribution in [0.25, 0.3) is 66.1 Å². The topological polar surface area (TPSA) is 12.5 Å². The Labute approximate surface area is 303 Å². The van der Waals surface area contributed by atoms with E-state index in [4.69, 9.17) is 4.74 Å². The third-order valence-corrected chi connectivity index (χ3v) is 10.2. The van der Waals surface area contributed by atoms with Crippen LogP contribution < -0.4 is 9.64 Å². The molecule has 1 heterocycles. The average Bonchev–Trinajstić information content (AvgIpc) is 3.35. The second-order valence-electron chi connectivity index (χ2n) is 13.4. The molecule has 0 atom stereocenters. The predicted octanol–water partition coefficient (Wildman–Crippen LogP) is 14.2. The van der Waals surface area contributed by atoms with Gasteiger partial charge in [-0.3, -0.25) is 0 Å². The molecule has 0 radical (unpaired) electrons. The molecule has 244 valence electrons. The molecular formula is C50H33NO. The molecule has 10 rings (SSSR count). The average molecular weight is 664 g/mol. The van der Waals surface area contributed by atoms with Crippen molar-refractivity contribution in [3.05, 3.63) is 200 Å². The summed E-state index contributed by atoms with van der Waals surface area (Å²) in [6, 6.07) is 71.7. The lowest BCUT2D eigenvalue weighted by Crippen LogP contribution is -2.11. The smallest absolute Gasteiger partial charge is 0.137 e. The van der Waals surface area contributed by atoms with E-state index >= 15 is 0 Å². The van der Waals surface area contributed by atoms with Crippen molar-refractivity contribution in [2.24, 2.45) is 0 Å². The van der Waals surface area contributed by atoms with Gasteiger partial charge in [-0.15, -0.1) is 0 Å². The summed E-state index contributed by atoms with van der Waals surface area (Å²) in [4.78, 5) is 2.38. The second kappa shape index (κ2) is 12.5. The van der Waals surface area contributed by atoms with Crippen LogP contribution in [0.3, 0.4) is 0 Å². The first-order valence-electron chi connectivity index (χ1n) is 17.8. The van der Waals surface area contributed by atoms with E-state index in [0.29, 0.717) is 0 Å². The summed E-state index contributed by atoms with van der Waals surface area (Å²) in [6.45, 7) is 0. The minimum absolute atomic E-state index is 0.826. The normalized spacial score (nSPS) is 11.6. The quantitative estimate of drug-likeness (QED) is 0.182. The highest BCUT2D eigenvalue weighted by atomic mass is 16.5. The summed E-state index contributed by atoms with van der Waals surface area (Å²) in [5, 5.41) is 4.79. The molecule has 0 bridgehead atoms. The molecule has 2 heteroatoms. The van der Waals surface area contributed by atoms with E-state index < -0.39 is 0 Å². The van der Waals surface area contributed by atoms with Crippen LogP contribution in [0.4, 0.5) is 17.1 Å². The first-order valence-corrected chi connectivity index (χ1v) is 17.8. The molecule has 0 fully saturated rings. The lowest BCUT2D eigenvalue weighted by Gasteiger charge is -2.29. The third-order valence-electron chi connectivity index (χ3n) is 10.2. The molecule has 0 saturated carbocycles. The molecule has 0 aliphatic carbocycles. The van der Waals surface area contributed by atoms with Gasteiger partial charge >= 0.3 is 0 Å². The number of anilines is 3. The van der Waals surface area contributed by atoms with E-state index in [9.17, 15) is 0 Å². The van der Waals surface area contributed by atoms with Crippen molar-refractivity contribution in [1.29, 1.82) is 0 Å². The van der Waals surface area contributed by atoms with Gasteiger partial charge in [-0.05, 0) is 116 Å². The van der Waals surface area contributed by atoms with Crippen LogP contribution in [0.5, 0.6) is 11.5 Å². The van der Waals surface area contributed by atoms with Crippen molar-refractivity contribution in [2.75, 3.05) is 4.90 Å². The molecule has 0 unspecified atom stereocenters. The van der Waals surface area contributed by atoms with Gasteiger partial charge in [-0.2, -0.15) is 0 Å². The van der Waals surface area contributed by atoms with Crippen LogP contribution in [0.15, 0.2) is 200 Å². The highest BCUT2D eigenvalue weighted by Gasteiger charge is 2.27. The molecule has 1 aliphatic heterocycles. The Hall–Kier alpha value is -6.90. The van der Waals surface area contributed by atoms with Crippen LogP contribution in [0.2, 0.25) is 0 Å². The second-order valence-corrected chi connectivity index (χ2v) is 13.4. The van der Waals surface area contributed by atoms with Gasteiger partial charge in [0.2, 0.25) is 0 Å². The van der Waals surface area contributed by atoms with Gasteiger partial charge in [0.1, 0.15) is 11.5 Å². The Morgan fingerprint density at radius 1 is 0.308 bits per heavy atom.